The minimum absolute atomic E-state index is 0.145. The van der Waals surface area contributed by atoms with E-state index in [0.29, 0.717) is 23.5 Å². The minimum atomic E-state index is -0.481. The molecule has 1 heterocycles. The predicted octanol–water partition coefficient (Wildman–Crippen LogP) is 3.07. The summed E-state index contributed by atoms with van der Waals surface area (Å²) in [4.78, 5) is 26.1. The lowest BCUT2D eigenvalue weighted by molar-refractivity contribution is 0.0954. The van der Waals surface area contributed by atoms with Gasteiger partial charge in [0.15, 0.2) is 5.78 Å². The predicted molar refractivity (Wildman–Crippen MR) is 80.0 cm³/mol. The van der Waals surface area contributed by atoms with E-state index in [0.717, 1.165) is 0 Å². The number of carbonyl (C=O) groups is 2. The van der Waals surface area contributed by atoms with Crippen molar-refractivity contribution < 1.29 is 18.7 Å². The van der Waals surface area contributed by atoms with Crippen molar-refractivity contribution in [2.45, 2.75) is 6.42 Å². The Labute approximate surface area is 127 Å². The van der Waals surface area contributed by atoms with E-state index in [1.807, 2.05) is 0 Å². The number of hydrogen-bond donors (Lipinski definition) is 0. The van der Waals surface area contributed by atoms with Crippen molar-refractivity contribution in [1.29, 1.82) is 0 Å². The second kappa shape index (κ2) is 5.60. The fourth-order valence-electron chi connectivity index (χ4n) is 2.54. The van der Waals surface area contributed by atoms with Crippen molar-refractivity contribution >= 4 is 17.4 Å². The molecule has 1 aliphatic rings. The first-order valence-corrected chi connectivity index (χ1v) is 6.89. The van der Waals surface area contributed by atoms with Gasteiger partial charge in [0.25, 0.3) is 5.91 Å². The Hall–Kier alpha value is -2.69. The molecule has 0 fully saturated rings. The van der Waals surface area contributed by atoms with Crippen LogP contribution < -0.4 is 9.64 Å². The lowest BCUT2D eigenvalue weighted by atomic mass is 9.99. The molecule has 112 valence electrons. The summed E-state index contributed by atoms with van der Waals surface area (Å²) in [6, 6.07) is 10.7. The fraction of sp³-hybridized carbons (Fsp3) is 0.176. The number of halogens is 1. The Balaban J connectivity index is 1.96. The van der Waals surface area contributed by atoms with Crippen molar-refractivity contribution in [3.63, 3.8) is 0 Å². The van der Waals surface area contributed by atoms with Crippen LogP contribution in [0.2, 0.25) is 0 Å². The van der Waals surface area contributed by atoms with Crippen LogP contribution in [0.3, 0.4) is 0 Å². The molecule has 0 bridgehead atoms. The Kier molecular flexibility index (Phi) is 3.63. The van der Waals surface area contributed by atoms with Crippen LogP contribution in [0, 0.1) is 5.82 Å². The molecular weight excluding hydrogens is 285 g/mol. The van der Waals surface area contributed by atoms with E-state index >= 15 is 0 Å². The van der Waals surface area contributed by atoms with Gasteiger partial charge in [-0.15, -0.1) is 0 Å². The zero-order chi connectivity index (χ0) is 15.7. The molecule has 0 unspecified atom stereocenters. The molecule has 0 aliphatic carbocycles. The van der Waals surface area contributed by atoms with Gasteiger partial charge in [-0.05, 0) is 42.5 Å². The first-order chi connectivity index (χ1) is 10.6. The molecule has 0 spiro atoms. The number of carbonyl (C=O) groups excluding carboxylic acids is 2. The number of Topliss-reactive ketones (excluding diaryl/α,β-unsaturated/α-hetero) is 1. The average Bonchev–Trinajstić information content (AvgIpc) is 2.55. The first-order valence-electron chi connectivity index (χ1n) is 6.89. The lowest BCUT2D eigenvalue weighted by Gasteiger charge is -2.28. The second-order valence-corrected chi connectivity index (χ2v) is 5.02. The van der Waals surface area contributed by atoms with Crippen LogP contribution in [-0.2, 0) is 0 Å². The molecule has 2 aromatic rings. The van der Waals surface area contributed by atoms with E-state index in [9.17, 15) is 14.0 Å². The van der Waals surface area contributed by atoms with E-state index in [1.54, 1.807) is 31.4 Å². The zero-order valence-electron chi connectivity index (χ0n) is 12.0. The van der Waals surface area contributed by atoms with Gasteiger partial charge < -0.3 is 9.64 Å². The summed E-state index contributed by atoms with van der Waals surface area (Å²) in [5.41, 5.74) is 1.21. The number of amides is 1. The van der Waals surface area contributed by atoms with Gasteiger partial charge in [0.05, 0.1) is 12.8 Å². The highest BCUT2D eigenvalue weighted by atomic mass is 19.1. The van der Waals surface area contributed by atoms with Crippen molar-refractivity contribution in [2.24, 2.45) is 0 Å². The summed E-state index contributed by atoms with van der Waals surface area (Å²) in [7, 11) is 1.55. The van der Waals surface area contributed by atoms with E-state index < -0.39 is 5.82 Å². The van der Waals surface area contributed by atoms with Crippen LogP contribution in [0.25, 0.3) is 0 Å². The van der Waals surface area contributed by atoms with Crippen molar-refractivity contribution in [2.75, 3.05) is 18.6 Å². The molecule has 0 radical (unpaired) electrons. The number of methoxy groups -OCH3 is 1. The van der Waals surface area contributed by atoms with E-state index in [4.69, 9.17) is 4.74 Å². The molecule has 4 nitrogen and oxygen atoms in total. The largest absolute Gasteiger partial charge is 0.497 e. The van der Waals surface area contributed by atoms with E-state index in [1.165, 1.54) is 23.1 Å². The maximum atomic E-state index is 13.3. The van der Waals surface area contributed by atoms with Gasteiger partial charge in [-0.2, -0.15) is 0 Å². The molecule has 2 aromatic carbocycles. The molecule has 22 heavy (non-hydrogen) atoms. The van der Waals surface area contributed by atoms with Crippen LogP contribution in [0.1, 0.15) is 27.1 Å². The standard InChI is InChI=1S/C17H14FNO3/c1-22-13-5-2-11(3-6-13)17(21)19-9-8-16(20)14-10-12(18)4-7-15(14)19/h2-7,10H,8-9H2,1H3. The second-order valence-electron chi connectivity index (χ2n) is 5.02. The van der Waals surface area contributed by atoms with Crippen molar-refractivity contribution in [3.05, 3.63) is 59.4 Å². The fourth-order valence-corrected chi connectivity index (χ4v) is 2.54. The Morgan fingerprint density at radius 3 is 2.59 bits per heavy atom. The Morgan fingerprint density at radius 1 is 1.18 bits per heavy atom. The molecule has 0 N–H and O–H groups in total. The summed E-state index contributed by atoms with van der Waals surface area (Å²) in [5.74, 6) is -0.185. The quantitative estimate of drug-likeness (QED) is 0.856. The number of rotatable bonds is 2. The maximum absolute atomic E-state index is 13.3. The zero-order valence-corrected chi connectivity index (χ0v) is 12.0. The number of hydrogen-bond acceptors (Lipinski definition) is 3. The van der Waals surface area contributed by atoms with Crippen LogP contribution >= 0.6 is 0 Å². The number of anilines is 1. The highest BCUT2D eigenvalue weighted by Crippen LogP contribution is 2.29. The number of ketones is 1. The summed E-state index contributed by atoms with van der Waals surface area (Å²) in [6.45, 7) is 0.294. The third kappa shape index (κ3) is 2.45. The molecule has 0 atom stereocenters. The molecule has 1 aliphatic heterocycles. The van der Waals surface area contributed by atoms with E-state index in [-0.39, 0.29) is 23.7 Å². The lowest BCUT2D eigenvalue weighted by Crippen LogP contribution is -2.37. The minimum Gasteiger partial charge on any atom is -0.497 e. The Bertz CT molecular complexity index is 740. The average molecular weight is 299 g/mol. The maximum Gasteiger partial charge on any atom is 0.258 e. The molecule has 0 saturated heterocycles. The smallest absolute Gasteiger partial charge is 0.258 e. The number of fused-ring (bicyclic) bond motifs is 1. The van der Waals surface area contributed by atoms with Gasteiger partial charge in [0.2, 0.25) is 0 Å². The summed E-state index contributed by atoms with van der Waals surface area (Å²) in [5, 5.41) is 0. The third-order valence-electron chi connectivity index (χ3n) is 3.69. The van der Waals surface area contributed by atoms with E-state index in [2.05, 4.69) is 0 Å². The topological polar surface area (TPSA) is 46.6 Å². The van der Waals surface area contributed by atoms with Gasteiger partial charge in [-0.1, -0.05) is 0 Å². The SMILES string of the molecule is COc1ccc(C(=O)N2CCC(=O)c3cc(F)ccc32)cc1. The summed E-state index contributed by atoms with van der Waals surface area (Å²) in [6.07, 6.45) is 0.193. The summed E-state index contributed by atoms with van der Waals surface area (Å²) >= 11 is 0. The number of benzene rings is 2. The van der Waals surface area contributed by atoms with Crippen LogP contribution in [0.5, 0.6) is 5.75 Å². The molecule has 1 amide bonds. The van der Waals surface area contributed by atoms with Gasteiger partial charge in [-0.25, -0.2) is 4.39 Å². The van der Waals surface area contributed by atoms with Gasteiger partial charge in [0.1, 0.15) is 11.6 Å². The monoisotopic (exact) mass is 299 g/mol. The number of nitrogens with zero attached hydrogens (tertiary/aromatic N) is 1. The normalized spacial score (nSPS) is 13.7. The summed E-state index contributed by atoms with van der Waals surface area (Å²) < 4.78 is 18.4. The molecular formula is C17H14FNO3. The highest BCUT2D eigenvalue weighted by molar-refractivity contribution is 6.13. The van der Waals surface area contributed by atoms with Gasteiger partial charge >= 0.3 is 0 Å². The molecule has 3 rings (SSSR count). The third-order valence-corrected chi connectivity index (χ3v) is 3.69. The van der Waals surface area contributed by atoms with Crippen LogP contribution in [-0.4, -0.2) is 25.3 Å². The Morgan fingerprint density at radius 2 is 1.91 bits per heavy atom. The van der Waals surface area contributed by atoms with Gasteiger partial charge in [0, 0.05) is 24.1 Å². The van der Waals surface area contributed by atoms with Crippen molar-refractivity contribution in [1.82, 2.24) is 0 Å². The number of ether oxygens (including phenoxy) is 1. The van der Waals surface area contributed by atoms with Gasteiger partial charge in [-0.3, -0.25) is 9.59 Å². The molecule has 0 aromatic heterocycles. The molecule has 5 heteroatoms. The highest BCUT2D eigenvalue weighted by Gasteiger charge is 2.28. The van der Waals surface area contributed by atoms with Crippen LogP contribution in [0.15, 0.2) is 42.5 Å². The van der Waals surface area contributed by atoms with Crippen LogP contribution in [0.4, 0.5) is 10.1 Å². The molecule has 0 saturated carbocycles. The van der Waals surface area contributed by atoms with Crippen molar-refractivity contribution in [3.8, 4) is 5.75 Å². The first kappa shape index (κ1) is 14.3.